The molecule has 1 aliphatic rings. The van der Waals surface area contributed by atoms with E-state index in [1.807, 2.05) is 62.4 Å². The Morgan fingerprint density at radius 2 is 1.96 bits per heavy atom. The molecular formula is C21H21NO3S2. The zero-order valence-electron chi connectivity index (χ0n) is 15.5. The maximum absolute atomic E-state index is 12.4. The summed E-state index contributed by atoms with van der Waals surface area (Å²) in [4.78, 5) is 14.7. The predicted molar refractivity (Wildman–Crippen MR) is 114 cm³/mol. The molecule has 0 saturated carbocycles. The van der Waals surface area contributed by atoms with Crippen molar-refractivity contribution in [2.45, 2.75) is 20.5 Å². The molecule has 0 bridgehead atoms. The summed E-state index contributed by atoms with van der Waals surface area (Å²) in [5, 5.41) is 0. The minimum absolute atomic E-state index is 0.0407. The summed E-state index contributed by atoms with van der Waals surface area (Å²) in [6, 6.07) is 13.7. The number of thioether (sulfide) groups is 1. The molecule has 0 unspecified atom stereocenters. The van der Waals surface area contributed by atoms with Gasteiger partial charge in [0.1, 0.15) is 22.4 Å². The van der Waals surface area contributed by atoms with Gasteiger partial charge in [0.15, 0.2) is 0 Å². The molecule has 1 heterocycles. The van der Waals surface area contributed by atoms with Crippen molar-refractivity contribution in [2.75, 3.05) is 13.7 Å². The Morgan fingerprint density at radius 3 is 2.63 bits per heavy atom. The fourth-order valence-electron chi connectivity index (χ4n) is 2.80. The van der Waals surface area contributed by atoms with E-state index in [1.165, 1.54) is 11.8 Å². The molecule has 4 nitrogen and oxygen atoms in total. The van der Waals surface area contributed by atoms with E-state index in [2.05, 4.69) is 0 Å². The van der Waals surface area contributed by atoms with Gasteiger partial charge in [-0.3, -0.25) is 9.69 Å². The first-order valence-electron chi connectivity index (χ1n) is 8.64. The van der Waals surface area contributed by atoms with Crippen LogP contribution in [0.4, 0.5) is 0 Å². The molecular weight excluding hydrogens is 378 g/mol. The standard InChI is InChI=1S/C21H21NO3S2/c1-4-22-20(23)19(27-21(22)26)12-15-9-10-18(24-3)16(11-15)13-25-17-8-6-5-7-14(17)2/h5-12H,4,13H2,1-3H3/b19-12+. The summed E-state index contributed by atoms with van der Waals surface area (Å²) < 4.78 is 12.0. The highest BCUT2D eigenvalue weighted by molar-refractivity contribution is 8.26. The zero-order valence-corrected chi connectivity index (χ0v) is 17.2. The van der Waals surface area contributed by atoms with Gasteiger partial charge in [0, 0.05) is 12.1 Å². The summed E-state index contributed by atoms with van der Waals surface area (Å²) in [6.45, 7) is 4.90. The van der Waals surface area contributed by atoms with Crippen LogP contribution in [-0.4, -0.2) is 28.8 Å². The lowest BCUT2D eigenvalue weighted by Crippen LogP contribution is -2.27. The molecule has 0 atom stereocenters. The summed E-state index contributed by atoms with van der Waals surface area (Å²) in [5.74, 6) is 1.55. The summed E-state index contributed by atoms with van der Waals surface area (Å²) >= 11 is 6.61. The number of ether oxygens (including phenoxy) is 2. The zero-order chi connectivity index (χ0) is 19.4. The minimum Gasteiger partial charge on any atom is -0.496 e. The lowest BCUT2D eigenvalue weighted by atomic mass is 10.1. The van der Waals surface area contributed by atoms with Crippen LogP contribution < -0.4 is 9.47 Å². The Hall–Kier alpha value is -2.31. The smallest absolute Gasteiger partial charge is 0.266 e. The lowest BCUT2D eigenvalue weighted by molar-refractivity contribution is -0.121. The van der Waals surface area contributed by atoms with Gasteiger partial charge in [-0.15, -0.1) is 0 Å². The SMILES string of the molecule is CCN1C(=O)/C(=C\c2ccc(OC)c(COc3ccccc3C)c2)SC1=S. The number of likely N-dealkylation sites (N-methyl/N-ethyl adjacent to an activating group) is 1. The topological polar surface area (TPSA) is 38.8 Å². The molecule has 1 fully saturated rings. The van der Waals surface area contributed by atoms with Gasteiger partial charge in [-0.05, 0) is 49.2 Å². The van der Waals surface area contributed by atoms with Crippen molar-refractivity contribution in [3.8, 4) is 11.5 Å². The number of hydrogen-bond donors (Lipinski definition) is 0. The van der Waals surface area contributed by atoms with Crippen molar-refractivity contribution in [3.05, 3.63) is 64.1 Å². The molecule has 0 N–H and O–H groups in total. The average molecular weight is 400 g/mol. The van der Waals surface area contributed by atoms with Crippen LogP contribution >= 0.6 is 24.0 Å². The molecule has 0 aromatic heterocycles. The van der Waals surface area contributed by atoms with Crippen LogP contribution in [0.15, 0.2) is 47.4 Å². The molecule has 140 valence electrons. The number of para-hydroxylation sites is 1. The van der Waals surface area contributed by atoms with Crippen molar-refractivity contribution in [2.24, 2.45) is 0 Å². The molecule has 0 aliphatic carbocycles. The number of amides is 1. The number of thiocarbonyl (C=S) groups is 1. The van der Waals surface area contributed by atoms with Crippen LogP contribution in [0.2, 0.25) is 0 Å². The van der Waals surface area contributed by atoms with E-state index < -0.39 is 0 Å². The number of nitrogens with zero attached hydrogens (tertiary/aromatic N) is 1. The molecule has 27 heavy (non-hydrogen) atoms. The highest BCUT2D eigenvalue weighted by Crippen LogP contribution is 2.33. The van der Waals surface area contributed by atoms with Crippen LogP contribution in [-0.2, 0) is 11.4 Å². The fraction of sp³-hybridized carbons (Fsp3) is 0.238. The summed E-state index contributed by atoms with van der Waals surface area (Å²) in [5.41, 5.74) is 2.91. The second-order valence-electron chi connectivity index (χ2n) is 6.05. The Bertz CT molecular complexity index is 908. The van der Waals surface area contributed by atoms with Crippen LogP contribution in [0, 0.1) is 6.92 Å². The minimum atomic E-state index is -0.0407. The van der Waals surface area contributed by atoms with Crippen molar-refractivity contribution < 1.29 is 14.3 Å². The van der Waals surface area contributed by atoms with Gasteiger partial charge in [-0.2, -0.15) is 0 Å². The molecule has 0 spiro atoms. The number of carbonyl (C=O) groups excluding carboxylic acids is 1. The van der Waals surface area contributed by atoms with Gasteiger partial charge in [0.05, 0.1) is 12.0 Å². The number of hydrogen-bond acceptors (Lipinski definition) is 5. The van der Waals surface area contributed by atoms with Crippen LogP contribution in [0.25, 0.3) is 6.08 Å². The van der Waals surface area contributed by atoms with E-state index in [-0.39, 0.29) is 5.91 Å². The number of benzene rings is 2. The van der Waals surface area contributed by atoms with Crippen LogP contribution in [0.1, 0.15) is 23.6 Å². The van der Waals surface area contributed by atoms with E-state index in [0.29, 0.717) is 22.4 Å². The highest BCUT2D eigenvalue weighted by atomic mass is 32.2. The maximum Gasteiger partial charge on any atom is 0.266 e. The Morgan fingerprint density at radius 1 is 1.19 bits per heavy atom. The molecule has 0 radical (unpaired) electrons. The number of aryl methyl sites for hydroxylation is 1. The molecule has 2 aromatic rings. The van der Waals surface area contributed by atoms with E-state index in [4.69, 9.17) is 21.7 Å². The Labute approximate surface area is 169 Å². The van der Waals surface area contributed by atoms with Crippen molar-refractivity contribution in [3.63, 3.8) is 0 Å². The van der Waals surface area contributed by atoms with E-state index in [1.54, 1.807) is 12.0 Å². The number of rotatable bonds is 6. The first-order valence-corrected chi connectivity index (χ1v) is 9.86. The van der Waals surface area contributed by atoms with E-state index in [0.717, 1.165) is 28.2 Å². The van der Waals surface area contributed by atoms with Crippen molar-refractivity contribution >= 4 is 40.3 Å². The molecule has 1 amide bonds. The van der Waals surface area contributed by atoms with Gasteiger partial charge < -0.3 is 9.47 Å². The highest BCUT2D eigenvalue weighted by Gasteiger charge is 2.30. The first kappa shape index (κ1) is 19.5. The van der Waals surface area contributed by atoms with Crippen LogP contribution in [0.5, 0.6) is 11.5 Å². The third-order valence-electron chi connectivity index (χ3n) is 4.27. The predicted octanol–water partition coefficient (Wildman–Crippen LogP) is 4.80. The summed E-state index contributed by atoms with van der Waals surface area (Å²) in [7, 11) is 1.64. The first-order chi connectivity index (χ1) is 13.0. The maximum atomic E-state index is 12.4. The van der Waals surface area contributed by atoms with Gasteiger partial charge in [0.25, 0.3) is 5.91 Å². The number of methoxy groups -OCH3 is 1. The Balaban J connectivity index is 1.84. The molecule has 2 aromatic carbocycles. The molecule has 6 heteroatoms. The second-order valence-corrected chi connectivity index (χ2v) is 7.73. The van der Waals surface area contributed by atoms with Gasteiger partial charge in [-0.1, -0.05) is 48.2 Å². The third-order valence-corrected chi connectivity index (χ3v) is 5.65. The van der Waals surface area contributed by atoms with Crippen LogP contribution in [0.3, 0.4) is 0 Å². The van der Waals surface area contributed by atoms with Crippen molar-refractivity contribution in [1.82, 2.24) is 4.90 Å². The molecule has 1 aliphatic heterocycles. The van der Waals surface area contributed by atoms with Gasteiger partial charge >= 0.3 is 0 Å². The summed E-state index contributed by atoms with van der Waals surface area (Å²) in [6.07, 6.45) is 1.87. The second kappa shape index (κ2) is 8.59. The van der Waals surface area contributed by atoms with Crippen molar-refractivity contribution in [1.29, 1.82) is 0 Å². The van der Waals surface area contributed by atoms with E-state index in [9.17, 15) is 4.79 Å². The largest absolute Gasteiger partial charge is 0.496 e. The average Bonchev–Trinajstić information content (AvgIpc) is 2.94. The molecule has 1 saturated heterocycles. The fourth-order valence-corrected chi connectivity index (χ4v) is 4.18. The third kappa shape index (κ3) is 4.34. The normalized spacial score (nSPS) is 15.5. The lowest BCUT2D eigenvalue weighted by Gasteiger charge is -2.13. The van der Waals surface area contributed by atoms with Gasteiger partial charge in [-0.25, -0.2) is 0 Å². The van der Waals surface area contributed by atoms with E-state index >= 15 is 0 Å². The monoisotopic (exact) mass is 399 g/mol. The quantitative estimate of drug-likeness (QED) is 0.515. The van der Waals surface area contributed by atoms with Gasteiger partial charge in [0.2, 0.25) is 0 Å². The molecule has 3 rings (SSSR count). The Kier molecular flexibility index (Phi) is 6.19. The number of carbonyl (C=O) groups is 1.